The molecule has 130 valence electrons. The molecule has 5 rings (SSSR count). The van der Waals surface area contributed by atoms with Gasteiger partial charge in [0.1, 0.15) is 23.5 Å². The second-order valence-corrected chi connectivity index (χ2v) is 6.05. The number of furan rings is 1. The quantitative estimate of drug-likeness (QED) is 0.549. The van der Waals surface area contributed by atoms with Crippen molar-refractivity contribution >= 4 is 22.1 Å². The van der Waals surface area contributed by atoms with E-state index in [-0.39, 0.29) is 6.79 Å². The molecule has 0 fully saturated rings. The molecule has 0 atom stereocenters. The fourth-order valence-corrected chi connectivity index (χ4v) is 3.05. The summed E-state index contributed by atoms with van der Waals surface area (Å²) >= 11 is 0. The fourth-order valence-electron chi connectivity index (χ4n) is 3.05. The fraction of sp³-hybridized carbons (Fsp3) is 0.200. The van der Waals surface area contributed by atoms with Crippen LogP contribution in [0, 0.1) is 0 Å². The van der Waals surface area contributed by atoms with Gasteiger partial charge in [-0.15, -0.1) is 0 Å². The van der Waals surface area contributed by atoms with Gasteiger partial charge in [-0.2, -0.15) is 4.98 Å². The molecular formula is C20H16N2O4. The van der Waals surface area contributed by atoms with Gasteiger partial charge in [0.2, 0.25) is 12.4 Å². The molecule has 0 radical (unpaired) electrons. The molecule has 6 heteroatoms. The smallest absolute Gasteiger partial charge is 0.262 e. The lowest BCUT2D eigenvalue weighted by atomic mass is 10.2. The van der Waals surface area contributed by atoms with Gasteiger partial charge in [0.25, 0.3) is 5.88 Å². The molecule has 1 aliphatic heterocycles. The zero-order valence-electron chi connectivity index (χ0n) is 14.2. The maximum atomic E-state index is 6.00. The summed E-state index contributed by atoms with van der Waals surface area (Å²) in [5.74, 6) is 2.67. The van der Waals surface area contributed by atoms with E-state index in [0.717, 1.165) is 45.8 Å². The highest BCUT2D eigenvalue weighted by Crippen LogP contribution is 2.34. The number of hydrogen-bond donors (Lipinski definition) is 0. The van der Waals surface area contributed by atoms with E-state index in [4.69, 9.17) is 18.6 Å². The largest absolute Gasteiger partial charge is 0.470 e. The topological polar surface area (TPSA) is 66.6 Å². The van der Waals surface area contributed by atoms with Gasteiger partial charge in [0, 0.05) is 11.8 Å². The minimum atomic E-state index is 0.255. The van der Waals surface area contributed by atoms with Crippen molar-refractivity contribution in [2.24, 2.45) is 0 Å². The van der Waals surface area contributed by atoms with E-state index in [1.165, 1.54) is 0 Å². The van der Waals surface area contributed by atoms with Crippen LogP contribution in [0.4, 0.5) is 0 Å². The molecule has 0 saturated heterocycles. The summed E-state index contributed by atoms with van der Waals surface area (Å²) < 4.78 is 22.7. The number of aromatic nitrogens is 2. The van der Waals surface area contributed by atoms with Gasteiger partial charge >= 0.3 is 0 Å². The second kappa shape index (κ2) is 5.91. The first-order valence-electron chi connectivity index (χ1n) is 8.51. The van der Waals surface area contributed by atoms with E-state index in [9.17, 15) is 0 Å². The predicted octanol–water partition coefficient (Wildman–Crippen LogP) is 4.25. The first kappa shape index (κ1) is 15.0. The highest BCUT2D eigenvalue weighted by molar-refractivity contribution is 6.03. The van der Waals surface area contributed by atoms with Crippen LogP contribution < -0.4 is 14.2 Å². The van der Waals surface area contributed by atoms with Gasteiger partial charge in [0.05, 0.1) is 0 Å². The van der Waals surface area contributed by atoms with Crippen LogP contribution in [0.5, 0.6) is 17.4 Å². The Labute approximate surface area is 149 Å². The first-order valence-corrected chi connectivity index (χ1v) is 8.51. The molecule has 2 aromatic heterocycles. The molecule has 0 unspecified atom stereocenters. The predicted molar refractivity (Wildman–Crippen MR) is 95.6 cm³/mol. The summed E-state index contributed by atoms with van der Waals surface area (Å²) in [4.78, 5) is 9.14. The van der Waals surface area contributed by atoms with E-state index in [2.05, 4.69) is 9.97 Å². The van der Waals surface area contributed by atoms with Crippen LogP contribution in [0.15, 0.2) is 46.9 Å². The van der Waals surface area contributed by atoms with E-state index >= 15 is 0 Å². The molecule has 6 nitrogen and oxygen atoms in total. The van der Waals surface area contributed by atoms with Crippen molar-refractivity contribution in [2.75, 3.05) is 6.79 Å². The maximum Gasteiger partial charge on any atom is 0.262 e. The van der Waals surface area contributed by atoms with Crippen molar-refractivity contribution in [2.45, 2.75) is 20.0 Å². The lowest BCUT2D eigenvalue weighted by molar-refractivity contribution is 0.174. The summed E-state index contributed by atoms with van der Waals surface area (Å²) in [6.45, 7) is 2.62. The summed E-state index contributed by atoms with van der Waals surface area (Å²) in [6.07, 6.45) is 0.718. The van der Waals surface area contributed by atoms with E-state index in [1.54, 1.807) is 0 Å². The van der Waals surface area contributed by atoms with Crippen LogP contribution in [-0.4, -0.2) is 16.8 Å². The van der Waals surface area contributed by atoms with Gasteiger partial charge in [-0.1, -0.05) is 25.1 Å². The average molecular weight is 348 g/mol. The van der Waals surface area contributed by atoms with Crippen molar-refractivity contribution in [1.82, 2.24) is 9.97 Å². The number of rotatable bonds is 4. The molecule has 0 bridgehead atoms. The molecule has 1 aliphatic rings. The van der Waals surface area contributed by atoms with Gasteiger partial charge in [-0.05, 0) is 29.8 Å². The van der Waals surface area contributed by atoms with Crippen molar-refractivity contribution in [1.29, 1.82) is 0 Å². The minimum absolute atomic E-state index is 0.255. The molecular weight excluding hydrogens is 332 g/mol. The standard InChI is InChI=1S/C20H16N2O4/c1-2-17-21-18-13-5-3-4-6-14(13)26-19(18)20(22-17)23-10-12-7-8-15-16(9-12)25-11-24-15/h3-9H,2,10-11H2,1H3. The van der Waals surface area contributed by atoms with Crippen molar-refractivity contribution < 1.29 is 18.6 Å². The Morgan fingerprint density at radius 3 is 2.85 bits per heavy atom. The molecule has 3 heterocycles. The Kier molecular flexibility index (Phi) is 3.41. The average Bonchev–Trinajstić information content (AvgIpc) is 3.29. The van der Waals surface area contributed by atoms with Crippen molar-refractivity contribution in [3.8, 4) is 17.4 Å². The number of benzene rings is 2. The van der Waals surface area contributed by atoms with Crippen LogP contribution in [0.25, 0.3) is 22.1 Å². The summed E-state index contributed by atoms with van der Waals surface area (Å²) in [5.41, 5.74) is 3.10. The van der Waals surface area contributed by atoms with Crippen LogP contribution >= 0.6 is 0 Å². The Hall–Kier alpha value is -3.28. The van der Waals surface area contributed by atoms with Crippen molar-refractivity contribution in [3.05, 3.63) is 53.9 Å². The molecule has 0 N–H and O–H groups in total. The first-order chi connectivity index (χ1) is 12.8. The van der Waals surface area contributed by atoms with E-state index < -0.39 is 0 Å². The van der Waals surface area contributed by atoms with Crippen LogP contribution in [0.2, 0.25) is 0 Å². The summed E-state index contributed by atoms with van der Waals surface area (Å²) in [5, 5.41) is 0.965. The summed E-state index contributed by atoms with van der Waals surface area (Å²) in [6, 6.07) is 13.6. The third-order valence-corrected chi connectivity index (χ3v) is 4.36. The number of fused-ring (bicyclic) bond motifs is 4. The number of hydrogen-bond acceptors (Lipinski definition) is 6. The third kappa shape index (κ3) is 2.42. The second-order valence-electron chi connectivity index (χ2n) is 6.05. The maximum absolute atomic E-state index is 6.00. The minimum Gasteiger partial charge on any atom is -0.470 e. The normalized spacial score (nSPS) is 12.8. The zero-order chi connectivity index (χ0) is 17.5. The molecule has 0 amide bonds. The Morgan fingerprint density at radius 1 is 1.04 bits per heavy atom. The number of ether oxygens (including phenoxy) is 3. The molecule has 2 aromatic carbocycles. The van der Waals surface area contributed by atoms with Crippen LogP contribution in [0.3, 0.4) is 0 Å². The number of para-hydroxylation sites is 1. The van der Waals surface area contributed by atoms with Gasteiger partial charge in [0.15, 0.2) is 11.5 Å². The van der Waals surface area contributed by atoms with Crippen LogP contribution in [0.1, 0.15) is 18.3 Å². The lowest BCUT2D eigenvalue weighted by Crippen LogP contribution is -2.01. The third-order valence-electron chi connectivity index (χ3n) is 4.36. The Morgan fingerprint density at radius 2 is 1.92 bits per heavy atom. The highest BCUT2D eigenvalue weighted by Gasteiger charge is 2.17. The van der Waals surface area contributed by atoms with E-state index in [0.29, 0.717) is 18.1 Å². The molecule has 0 saturated carbocycles. The monoisotopic (exact) mass is 348 g/mol. The molecule has 4 aromatic rings. The summed E-state index contributed by atoms with van der Waals surface area (Å²) in [7, 11) is 0. The van der Waals surface area contributed by atoms with Gasteiger partial charge < -0.3 is 18.6 Å². The molecule has 26 heavy (non-hydrogen) atoms. The van der Waals surface area contributed by atoms with Gasteiger partial charge in [-0.3, -0.25) is 0 Å². The van der Waals surface area contributed by atoms with Crippen molar-refractivity contribution in [3.63, 3.8) is 0 Å². The molecule has 0 aliphatic carbocycles. The molecule has 0 spiro atoms. The Bertz CT molecular complexity index is 1120. The van der Waals surface area contributed by atoms with Gasteiger partial charge in [-0.25, -0.2) is 4.98 Å². The number of aryl methyl sites for hydroxylation is 1. The highest BCUT2D eigenvalue weighted by atomic mass is 16.7. The van der Waals surface area contributed by atoms with E-state index in [1.807, 2.05) is 49.4 Å². The zero-order valence-corrected chi connectivity index (χ0v) is 14.2. The SMILES string of the molecule is CCc1nc(OCc2ccc3c(c2)OCO3)c2oc3ccccc3c2n1. The Balaban J connectivity index is 1.53. The number of nitrogens with zero attached hydrogens (tertiary/aromatic N) is 2. The van der Waals surface area contributed by atoms with Crippen LogP contribution in [-0.2, 0) is 13.0 Å². The lowest BCUT2D eigenvalue weighted by Gasteiger charge is -2.07.